The number of nitrogens with one attached hydrogen (secondary N) is 1. The monoisotopic (exact) mass is 221 g/mol. The predicted octanol–water partition coefficient (Wildman–Crippen LogP) is 1.04. The van der Waals surface area contributed by atoms with Gasteiger partial charge in [0.25, 0.3) is 0 Å². The molecular formula is C11H27NO3. The van der Waals surface area contributed by atoms with Gasteiger partial charge in [0.2, 0.25) is 0 Å². The lowest BCUT2D eigenvalue weighted by atomic mass is 10.4. The molecule has 0 bridgehead atoms. The minimum Gasteiger partial charge on any atom is -0.394 e. The van der Waals surface area contributed by atoms with E-state index in [0.29, 0.717) is 13.2 Å². The Bertz CT molecular complexity index is 81.9. The molecule has 0 aliphatic carbocycles. The smallest absolute Gasteiger partial charge is 0.0697 e. The summed E-state index contributed by atoms with van der Waals surface area (Å²) in [6, 6.07) is 0. The van der Waals surface area contributed by atoms with Crippen molar-refractivity contribution in [1.82, 2.24) is 5.32 Å². The fourth-order valence-electron chi connectivity index (χ4n) is 0.883. The van der Waals surface area contributed by atoms with Gasteiger partial charge in [-0.05, 0) is 26.4 Å². The summed E-state index contributed by atoms with van der Waals surface area (Å²) < 4.78 is 10.4. The molecule has 0 rings (SSSR count). The second kappa shape index (κ2) is 19.4. The van der Waals surface area contributed by atoms with Crippen LogP contribution in [-0.4, -0.2) is 51.7 Å². The lowest BCUT2D eigenvalue weighted by molar-refractivity contribution is 0.0634. The highest BCUT2D eigenvalue weighted by molar-refractivity contribution is 4.40. The topological polar surface area (TPSA) is 50.7 Å². The van der Waals surface area contributed by atoms with Gasteiger partial charge < -0.3 is 19.9 Å². The van der Waals surface area contributed by atoms with E-state index in [4.69, 9.17) is 14.6 Å². The summed E-state index contributed by atoms with van der Waals surface area (Å²) in [5, 5.41) is 11.5. The number of ether oxygens (including phenoxy) is 2. The van der Waals surface area contributed by atoms with Crippen molar-refractivity contribution in [2.45, 2.75) is 26.7 Å². The summed E-state index contributed by atoms with van der Waals surface area (Å²) in [7, 11) is 1.93. The highest BCUT2D eigenvalue weighted by Crippen LogP contribution is 1.86. The van der Waals surface area contributed by atoms with Gasteiger partial charge in [0.1, 0.15) is 0 Å². The van der Waals surface area contributed by atoms with Crippen LogP contribution >= 0.6 is 0 Å². The SMILES string of the molecule is CC.CNCCCOCCCOCCO. The molecule has 0 radical (unpaired) electrons. The molecule has 0 spiro atoms. The maximum absolute atomic E-state index is 8.40. The van der Waals surface area contributed by atoms with E-state index in [1.807, 2.05) is 20.9 Å². The third-order valence-corrected chi connectivity index (χ3v) is 1.53. The van der Waals surface area contributed by atoms with Crippen molar-refractivity contribution in [1.29, 1.82) is 0 Å². The Labute approximate surface area is 94.0 Å². The zero-order valence-corrected chi connectivity index (χ0v) is 10.4. The zero-order chi connectivity index (χ0) is 11.8. The first-order chi connectivity index (χ1) is 7.41. The number of aliphatic hydroxyl groups is 1. The number of rotatable bonds is 10. The first kappa shape index (κ1) is 17.2. The van der Waals surface area contributed by atoms with E-state index in [2.05, 4.69) is 5.32 Å². The number of hydrogen-bond donors (Lipinski definition) is 2. The molecule has 4 nitrogen and oxygen atoms in total. The summed E-state index contributed by atoms with van der Waals surface area (Å²) in [4.78, 5) is 0. The largest absolute Gasteiger partial charge is 0.394 e. The van der Waals surface area contributed by atoms with Gasteiger partial charge in [-0.2, -0.15) is 0 Å². The molecule has 0 saturated heterocycles. The summed E-state index contributed by atoms with van der Waals surface area (Å²) in [5.41, 5.74) is 0. The van der Waals surface area contributed by atoms with Crippen molar-refractivity contribution in [3.05, 3.63) is 0 Å². The van der Waals surface area contributed by atoms with E-state index in [-0.39, 0.29) is 6.61 Å². The standard InChI is InChI=1S/C9H21NO3.C2H6/c1-10-4-2-6-12-7-3-8-13-9-5-11;1-2/h10-11H,2-9H2,1H3;1-2H3. The van der Waals surface area contributed by atoms with Gasteiger partial charge in [-0.15, -0.1) is 0 Å². The van der Waals surface area contributed by atoms with E-state index in [1.54, 1.807) is 0 Å². The second-order valence-corrected chi connectivity index (χ2v) is 2.76. The van der Waals surface area contributed by atoms with Crippen LogP contribution in [0.15, 0.2) is 0 Å². The van der Waals surface area contributed by atoms with Crippen molar-refractivity contribution < 1.29 is 14.6 Å². The van der Waals surface area contributed by atoms with Gasteiger partial charge in [-0.25, -0.2) is 0 Å². The first-order valence-corrected chi connectivity index (χ1v) is 5.82. The fraction of sp³-hybridized carbons (Fsp3) is 1.00. The third-order valence-electron chi connectivity index (χ3n) is 1.53. The third kappa shape index (κ3) is 20.0. The van der Waals surface area contributed by atoms with Crippen molar-refractivity contribution in [3.8, 4) is 0 Å². The molecule has 2 N–H and O–H groups in total. The van der Waals surface area contributed by atoms with Gasteiger partial charge >= 0.3 is 0 Å². The van der Waals surface area contributed by atoms with Crippen LogP contribution < -0.4 is 5.32 Å². The maximum Gasteiger partial charge on any atom is 0.0697 e. The predicted molar refractivity (Wildman–Crippen MR) is 63.2 cm³/mol. The van der Waals surface area contributed by atoms with Crippen LogP contribution in [0, 0.1) is 0 Å². The molecule has 4 heteroatoms. The molecule has 0 aromatic heterocycles. The molecule has 0 aromatic rings. The van der Waals surface area contributed by atoms with Crippen LogP contribution in [0.2, 0.25) is 0 Å². The first-order valence-electron chi connectivity index (χ1n) is 5.82. The molecule has 0 aromatic carbocycles. The second-order valence-electron chi connectivity index (χ2n) is 2.76. The summed E-state index contributed by atoms with van der Waals surface area (Å²) >= 11 is 0. The average molecular weight is 221 g/mol. The Balaban J connectivity index is 0. The van der Waals surface area contributed by atoms with E-state index in [0.717, 1.165) is 32.6 Å². The lowest BCUT2D eigenvalue weighted by Gasteiger charge is -2.04. The van der Waals surface area contributed by atoms with Gasteiger partial charge in [-0.3, -0.25) is 0 Å². The highest BCUT2D eigenvalue weighted by Gasteiger charge is 1.89. The Morgan fingerprint density at radius 1 is 0.933 bits per heavy atom. The van der Waals surface area contributed by atoms with Crippen LogP contribution in [0.4, 0.5) is 0 Å². The normalized spacial score (nSPS) is 9.60. The maximum atomic E-state index is 8.40. The van der Waals surface area contributed by atoms with Crippen molar-refractivity contribution >= 4 is 0 Å². The average Bonchev–Trinajstić information content (AvgIpc) is 2.30. The summed E-state index contributed by atoms with van der Waals surface area (Å²) in [6.45, 7) is 7.76. The quantitative estimate of drug-likeness (QED) is 0.541. The lowest BCUT2D eigenvalue weighted by Crippen LogP contribution is -2.11. The van der Waals surface area contributed by atoms with Crippen molar-refractivity contribution in [3.63, 3.8) is 0 Å². The van der Waals surface area contributed by atoms with Gasteiger partial charge in [-0.1, -0.05) is 13.8 Å². The number of aliphatic hydroxyl groups excluding tert-OH is 1. The van der Waals surface area contributed by atoms with Crippen LogP contribution in [0.3, 0.4) is 0 Å². The number of hydrogen-bond acceptors (Lipinski definition) is 4. The molecule has 0 unspecified atom stereocenters. The molecule has 0 saturated carbocycles. The Morgan fingerprint density at radius 2 is 1.47 bits per heavy atom. The minimum atomic E-state index is 0.100. The van der Waals surface area contributed by atoms with Crippen LogP contribution in [-0.2, 0) is 9.47 Å². The Hall–Kier alpha value is -0.160. The minimum absolute atomic E-state index is 0.100. The highest BCUT2D eigenvalue weighted by atomic mass is 16.5. The van der Waals surface area contributed by atoms with E-state index in [9.17, 15) is 0 Å². The Kier molecular flexibility index (Phi) is 22.3. The zero-order valence-electron chi connectivity index (χ0n) is 10.4. The molecule has 0 aliphatic heterocycles. The molecule has 0 heterocycles. The van der Waals surface area contributed by atoms with Crippen molar-refractivity contribution in [2.75, 3.05) is 46.6 Å². The molecule has 94 valence electrons. The fourth-order valence-corrected chi connectivity index (χ4v) is 0.883. The Morgan fingerprint density at radius 3 is 2.00 bits per heavy atom. The van der Waals surface area contributed by atoms with Crippen molar-refractivity contribution in [2.24, 2.45) is 0 Å². The van der Waals surface area contributed by atoms with E-state index in [1.165, 1.54) is 0 Å². The summed E-state index contributed by atoms with van der Waals surface area (Å²) in [5.74, 6) is 0. The molecule has 15 heavy (non-hydrogen) atoms. The molecule has 0 aliphatic rings. The summed E-state index contributed by atoms with van der Waals surface area (Å²) in [6.07, 6.45) is 1.95. The van der Waals surface area contributed by atoms with E-state index >= 15 is 0 Å². The van der Waals surface area contributed by atoms with E-state index < -0.39 is 0 Å². The molecule has 0 atom stereocenters. The molecular weight excluding hydrogens is 194 g/mol. The van der Waals surface area contributed by atoms with Gasteiger partial charge in [0, 0.05) is 19.8 Å². The molecule has 0 amide bonds. The van der Waals surface area contributed by atoms with Crippen LogP contribution in [0.25, 0.3) is 0 Å². The molecule has 0 fully saturated rings. The van der Waals surface area contributed by atoms with Crippen LogP contribution in [0.1, 0.15) is 26.7 Å². The van der Waals surface area contributed by atoms with Crippen LogP contribution in [0.5, 0.6) is 0 Å². The van der Waals surface area contributed by atoms with Gasteiger partial charge in [0.15, 0.2) is 0 Å². The van der Waals surface area contributed by atoms with Gasteiger partial charge in [0.05, 0.1) is 13.2 Å².